The van der Waals surface area contributed by atoms with Crippen LogP contribution in [0.1, 0.15) is 29.8 Å². The molecule has 0 saturated heterocycles. The lowest BCUT2D eigenvalue weighted by Gasteiger charge is -2.11. The Hall–Kier alpha value is -4.06. The number of carbonyl (C=O) groups is 2. The van der Waals surface area contributed by atoms with Crippen LogP contribution in [0.25, 0.3) is 6.08 Å². The van der Waals surface area contributed by atoms with Gasteiger partial charge in [-0.25, -0.2) is 0 Å². The van der Waals surface area contributed by atoms with Crippen LogP contribution in [0, 0.1) is 0 Å². The maximum absolute atomic E-state index is 12.8. The van der Waals surface area contributed by atoms with E-state index in [2.05, 4.69) is 10.6 Å². The Bertz CT molecular complexity index is 1070. The van der Waals surface area contributed by atoms with Gasteiger partial charge in [0.2, 0.25) is 5.91 Å². The van der Waals surface area contributed by atoms with Crippen LogP contribution in [0.5, 0.6) is 11.5 Å². The van der Waals surface area contributed by atoms with E-state index in [1.165, 1.54) is 6.08 Å². The normalized spacial score (nSPS) is 10.6. The lowest BCUT2D eigenvalue weighted by molar-refractivity contribution is -0.111. The van der Waals surface area contributed by atoms with Crippen molar-refractivity contribution in [2.24, 2.45) is 0 Å². The highest BCUT2D eigenvalue weighted by Crippen LogP contribution is 2.20. The fraction of sp³-hybridized carbons (Fsp3) is 0.154. The molecule has 6 heteroatoms. The van der Waals surface area contributed by atoms with Gasteiger partial charge in [0.25, 0.3) is 5.91 Å². The molecule has 164 valence electrons. The second kappa shape index (κ2) is 11.4. The molecule has 3 aromatic carbocycles. The molecule has 0 aliphatic carbocycles. The van der Waals surface area contributed by atoms with Crippen molar-refractivity contribution < 1.29 is 19.1 Å². The summed E-state index contributed by atoms with van der Waals surface area (Å²) in [5, 5.41) is 5.61. The van der Waals surface area contributed by atoms with Gasteiger partial charge in [-0.2, -0.15) is 0 Å². The molecule has 0 spiro atoms. The summed E-state index contributed by atoms with van der Waals surface area (Å²) in [5.74, 6) is 0.861. The highest BCUT2D eigenvalue weighted by molar-refractivity contribution is 6.11. The number of hydrogen-bond acceptors (Lipinski definition) is 4. The molecule has 2 amide bonds. The van der Waals surface area contributed by atoms with Gasteiger partial charge in [0.05, 0.1) is 24.5 Å². The smallest absolute Gasteiger partial charge is 0.257 e. The lowest BCUT2D eigenvalue weighted by atomic mass is 10.1. The summed E-state index contributed by atoms with van der Waals surface area (Å²) in [7, 11) is 0. The molecule has 0 bridgehead atoms. The number of amides is 2. The Labute approximate surface area is 187 Å². The number of anilines is 2. The molecule has 0 heterocycles. The van der Waals surface area contributed by atoms with Crippen LogP contribution < -0.4 is 20.1 Å². The molecule has 0 radical (unpaired) electrons. The molecule has 0 fully saturated rings. The van der Waals surface area contributed by atoms with Crippen molar-refractivity contribution >= 4 is 29.3 Å². The number of benzene rings is 3. The summed E-state index contributed by atoms with van der Waals surface area (Å²) < 4.78 is 10.8. The number of nitrogens with one attached hydrogen (secondary N) is 2. The number of hydrogen-bond donors (Lipinski definition) is 2. The van der Waals surface area contributed by atoms with Crippen LogP contribution >= 0.6 is 0 Å². The van der Waals surface area contributed by atoms with Gasteiger partial charge < -0.3 is 20.1 Å². The van der Waals surface area contributed by atoms with Crippen LogP contribution in [0.15, 0.2) is 78.9 Å². The van der Waals surface area contributed by atoms with Crippen molar-refractivity contribution in [3.63, 3.8) is 0 Å². The molecule has 0 unspecified atom stereocenters. The van der Waals surface area contributed by atoms with Gasteiger partial charge in [0.1, 0.15) is 11.5 Å². The minimum Gasteiger partial charge on any atom is -0.494 e. The largest absolute Gasteiger partial charge is 0.494 e. The van der Waals surface area contributed by atoms with Crippen LogP contribution in [0.3, 0.4) is 0 Å². The molecule has 2 N–H and O–H groups in total. The monoisotopic (exact) mass is 430 g/mol. The fourth-order valence-electron chi connectivity index (χ4n) is 2.98. The zero-order valence-corrected chi connectivity index (χ0v) is 18.1. The molecule has 0 aliphatic rings. The zero-order valence-electron chi connectivity index (χ0n) is 18.1. The first-order valence-electron chi connectivity index (χ1n) is 10.4. The van der Waals surface area contributed by atoms with E-state index in [-0.39, 0.29) is 11.8 Å². The van der Waals surface area contributed by atoms with Crippen molar-refractivity contribution in [3.8, 4) is 11.5 Å². The van der Waals surface area contributed by atoms with Gasteiger partial charge >= 0.3 is 0 Å². The van der Waals surface area contributed by atoms with Gasteiger partial charge in [-0.05, 0) is 74.0 Å². The molecule has 0 saturated carbocycles. The Morgan fingerprint density at radius 1 is 0.781 bits per heavy atom. The van der Waals surface area contributed by atoms with E-state index >= 15 is 0 Å². The predicted octanol–water partition coefficient (Wildman–Crippen LogP) is 5.39. The topological polar surface area (TPSA) is 76.7 Å². The summed E-state index contributed by atoms with van der Waals surface area (Å²) in [5.41, 5.74) is 2.29. The summed E-state index contributed by atoms with van der Waals surface area (Å²) in [6.07, 6.45) is 3.13. The Morgan fingerprint density at radius 2 is 1.38 bits per heavy atom. The second-order valence-corrected chi connectivity index (χ2v) is 6.78. The van der Waals surface area contributed by atoms with Crippen LogP contribution in [-0.2, 0) is 4.79 Å². The number of rotatable bonds is 9. The van der Waals surface area contributed by atoms with E-state index in [0.29, 0.717) is 30.2 Å². The maximum Gasteiger partial charge on any atom is 0.257 e. The summed E-state index contributed by atoms with van der Waals surface area (Å²) in [6, 6.07) is 21.4. The molecule has 0 aliphatic heterocycles. The van der Waals surface area contributed by atoms with E-state index in [9.17, 15) is 9.59 Å². The molecule has 3 rings (SSSR count). The summed E-state index contributed by atoms with van der Waals surface area (Å²) in [6.45, 7) is 5.01. The number of para-hydroxylation sites is 1. The van der Waals surface area contributed by atoms with Gasteiger partial charge in [-0.1, -0.05) is 24.3 Å². The van der Waals surface area contributed by atoms with Gasteiger partial charge in [0, 0.05) is 11.8 Å². The first-order chi connectivity index (χ1) is 15.6. The summed E-state index contributed by atoms with van der Waals surface area (Å²) in [4.78, 5) is 25.2. The third-order valence-electron chi connectivity index (χ3n) is 4.47. The zero-order chi connectivity index (χ0) is 22.8. The molecule has 32 heavy (non-hydrogen) atoms. The second-order valence-electron chi connectivity index (χ2n) is 6.78. The molecule has 3 aromatic rings. The van der Waals surface area contributed by atoms with Gasteiger partial charge in [-0.3, -0.25) is 9.59 Å². The average molecular weight is 431 g/mol. The van der Waals surface area contributed by atoms with Crippen molar-refractivity contribution in [3.05, 3.63) is 90.0 Å². The number of ether oxygens (including phenoxy) is 2. The molecular formula is C26H26N2O4. The first-order valence-corrected chi connectivity index (χ1v) is 10.4. The SMILES string of the molecule is CCOc1ccc(/C=C/C(=O)Nc2ccccc2C(=O)Nc2ccc(OCC)cc2)cc1. The van der Waals surface area contributed by atoms with Crippen LogP contribution in [-0.4, -0.2) is 25.0 Å². The minimum atomic E-state index is -0.333. The van der Waals surface area contributed by atoms with Crippen molar-refractivity contribution in [1.82, 2.24) is 0 Å². The van der Waals surface area contributed by atoms with Crippen molar-refractivity contribution in [2.75, 3.05) is 23.8 Å². The predicted molar refractivity (Wildman–Crippen MR) is 127 cm³/mol. The Kier molecular flexibility index (Phi) is 8.03. The third kappa shape index (κ3) is 6.47. The standard InChI is InChI=1S/C26H26N2O4/c1-3-31-21-14-9-19(10-15-21)11-18-25(29)28-24-8-6-5-7-23(24)26(30)27-20-12-16-22(17-13-20)32-4-2/h5-18H,3-4H2,1-2H3,(H,27,30)(H,28,29)/b18-11+. The quantitative estimate of drug-likeness (QED) is 0.446. The van der Waals surface area contributed by atoms with Crippen molar-refractivity contribution in [1.29, 1.82) is 0 Å². The van der Waals surface area contributed by atoms with Crippen molar-refractivity contribution in [2.45, 2.75) is 13.8 Å². The van der Waals surface area contributed by atoms with Crippen LogP contribution in [0.2, 0.25) is 0 Å². The molecule has 0 aromatic heterocycles. The summed E-state index contributed by atoms with van der Waals surface area (Å²) >= 11 is 0. The van der Waals surface area contributed by atoms with E-state index in [1.54, 1.807) is 54.6 Å². The Morgan fingerprint density at radius 3 is 2.00 bits per heavy atom. The van der Waals surface area contributed by atoms with Gasteiger partial charge in [-0.15, -0.1) is 0 Å². The average Bonchev–Trinajstić information content (AvgIpc) is 2.80. The van der Waals surface area contributed by atoms with E-state index in [0.717, 1.165) is 17.1 Å². The van der Waals surface area contributed by atoms with E-state index in [1.807, 2.05) is 38.1 Å². The first kappa shape index (κ1) is 22.6. The maximum atomic E-state index is 12.8. The fourth-order valence-corrected chi connectivity index (χ4v) is 2.98. The van der Waals surface area contributed by atoms with Crippen LogP contribution in [0.4, 0.5) is 11.4 Å². The van der Waals surface area contributed by atoms with E-state index in [4.69, 9.17) is 9.47 Å². The van der Waals surface area contributed by atoms with E-state index < -0.39 is 0 Å². The highest BCUT2D eigenvalue weighted by atomic mass is 16.5. The minimum absolute atomic E-state index is 0.319. The highest BCUT2D eigenvalue weighted by Gasteiger charge is 2.12. The molecule has 6 nitrogen and oxygen atoms in total. The third-order valence-corrected chi connectivity index (χ3v) is 4.47. The molecular weight excluding hydrogens is 404 g/mol. The number of carbonyl (C=O) groups excluding carboxylic acids is 2. The van der Waals surface area contributed by atoms with Gasteiger partial charge in [0.15, 0.2) is 0 Å². The Balaban J connectivity index is 1.64. The lowest BCUT2D eigenvalue weighted by Crippen LogP contribution is -2.17. The molecule has 0 atom stereocenters.